The Balaban J connectivity index is 3.17. The van der Waals surface area contributed by atoms with Crippen LogP contribution in [0.2, 0.25) is 0 Å². The van der Waals surface area contributed by atoms with Crippen molar-refractivity contribution in [2.45, 2.75) is 59.8 Å². The number of benzene rings is 1. The Hall–Kier alpha value is -0.820. The summed E-state index contributed by atoms with van der Waals surface area (Å²) in [5.74, 6) is 0.678. The normalized spacial score (nSPS) is 12.8. The Kier molecular flexibility index (Phi) is 5.20. The lowest BCUT2D eigenvalue weighted by atomic mass is 9.82. The average Bonchev–Trinajstić information content (AvgIpc) is 2.31. The molecule has 0 saturated carbocycles. The van der Waals surface area contributed by atoms with Crippen LogP contribution in [0.1, 0.15) is 59.9 Å². The maximum atomic E-state index is 5.65. The van der Waals surface area contributed by atoms with Crippen LogP contribution < -0.4 is 5.73 Å². The van der Waals surface area contributed by atoms with Crippen LogP contribution in [0.5, 0.6) is 0 Å². The first-order valence-corrected chi connectivity index (χ1v) is 6.80. The molecule has 0 fully saturated rings. The third kappa shape index (κ3) is 3.10. The summed E-state index contributed by atoms with van der Waals surface area (Å²) in [4.78, 5) is 0. The van der Waals surface area contributed by atoms with Crippen molar-refractivity contribution in [1.29, 1.82) is 0 Å². The van der Waals surface area contributed by atoms with E-state index in [0.29, 0.717) is 5.92 Å². The van der Waals surface area contributed by atoms with Crippen LogP contribution in [-0.4, -0.2) is 6.54 Å². The van der Waals surface area contributed by atoms with Gasteiger partial charge in [-0.2, -0.15) is 0 Å². The molecule has 17 heavy (non-hydrogen) atoms. The van der Waals surface area contributed by atoms with Gasteiger partial charge in [0.1, 0.15) is 0 Å². The summed E-state index contributed by atoms with van der Waals surface area (Å²) in [6, 6.07) is 2.31. The molecule has 1 heteroatoms. The molecule has 0 aromatic heterocycles. The highest BCUT2D eigenvalue weighted by Crippen LogP contribution is 2.33. The monoisotopic (exact) mass is 233 g/mol. The van der Waals surface area contributed by atoms with E-state index in [9.17, 15) is 0 Å². The van der Waals surface area contributed by atoms with Gasteiger partial charge in [-0.15, -0.1) is 0 Å². The van der Waals surface area contributed by atoms with E-state index in [1.807, 2.05) is 0 Å². The van der Waals surface area contributed by atoms with Crippen LogP contribution >= 0.6 is 0 Å². The van der Waals surface area contributed by atoms with Crippen molar-refractivity contribution in [3.63, 3.8) is 0 Å². The molecule has 1 unspecified atom stereocenters. The molecule has 96 valence electrons. The molecular weight excluding hydrogens is 206 g/mol. The van der Waals surface area contributed by atoms with Crippen LogP contribution in [0.3, 0.4) is 0 Å². The van der Waals surface area contributed by atoms with Gasteiger partial charge in [-0.1, -0.05) is 13.0 Å². The van der Waals surface area contributed by atoms with E-state index in [4.69, 9.17) is 5.73 Å². The lowest BCUT2D eigenvalue weighted by Crippen LogP contribution is -2.08. The maximum absolute atomic E-state index is 5.65. The van der Waals surface area contributed by atoms with E-state index < -0.39 is 0 Å². The van der Waals surface area contributed by atoms with Crippen molar-refractivity contribution in [3.8, 4) is 0 Å². The number of rotatable bonds is 5. The van der Waals surface area contributed by atoms with E-state index in [-0.39, 0.29) is 0 Å². The summed E-state index contributed by atoms with van der Waals surface area (Å²) in [6.07, 6.45) is 3.56. The van der Waals surface area contributed by atoms with Crippen LogP contribution in [-0.2, 0) is 0 Å². The van der Waals surface area contributed by atoms with Gasteiger partial charge in [-0.3, -0.25) is 0 Å². The summed E-state index contributed by atoms with van der Waals surface area (Å²) < 4.78 is 0. The zero-order valence-corrected chi connectivity index (χ0v) is 12.1. The topological polar surface area (TPSA) is 26.0 Å². The van der Waals surface area contributed by atoms with Crippen LogP contribution in [0.15, 0.2) is 6.07 Å². The van der Waals surface area contributed by atoms with E-state index in [2.05, 4.69) is 40.7 Å². The first-order chi connectivity index (χ1) is 8.02. The van der Waals surface area contributed by atoms with Crippen molar-refractivity contribution in [3.05, 3.63) is 33.9 Å². The van der Waals surface area contributed by atoms with Crippen molar-refractivity contribution < 1.29 is 0 Å². The lowest BCUT2D eigenvalue weighted by Gasteiger charge is -2.23. The Morgan fingerprint density at radius 2 is 1.59 bits per heavy atom. The molecule has 1 aromatic carbocycles. The summed E-state index contributed by atoms with van der Waals surface area (Å²) in [7, 11) is 0. The molecule has 0 aliphatic heterocycles. The molecule has 2 N–H and O–H groups in total. The molecule has 0 saturated heterocycles. The highest BCUT2D eigenvalue weighted by atomic mass is 14.5. The van der Waals surface area contributed by atoms with Crippen LogP contribution in [0.25, 0.3) is 0 Å². The molecule has 0 bridgehead atoms. The van der Waals surface area contributed by atoms with E-state index in [0.717, 1.165) is 13.0 Å². The molecule has 1 rings (SSSR count). The first kappa shape index (κ1) is 14.2. The highest BCUT2D eigenvalue weighted by molar-refractivity contribution is 5.45. The van der Waals surface area contributed by atoms with Gasteiger partial charge in [-0.25, -0.2) is 0 Å². The van der Waals surface area contributed by atoms with Crippen molar-refractivity contribution in [2.24, 2.45) is 5.73 Å². The Morgan fingerprint density at radius 1 is 1.06 bits per heavy atom. The van der Waals surface area contributed by atoms with Gasteiger partial charge in [0.05, 0.1) is 0 Å². The molecule has 0 heterocycles. The van der Waals surface area contributed by atoms with Gasteiger partial charge in [-0.05, 0) is 87.2 Å². The summed E-state index contributed by atoms with van der Waals surface area (Å²) in [5, 5.41) is 0. The molecule has 1 nitrogen and oxygen atoms in total. The van der Waals surface area contributed by atoms with E-state index in [1.165, 1.54) is 35.1 Å². The van der Waals surface area contributed by atoms with Crippen molar-refractivity contribution in [1.82, 2.24) is 0 Å². The second-order valence-corrected chi connectivity index (χ2v) is 5.21. The summed E-state index contributed by atoms with van der Waals surface area (Å²) >= 11 is 0. The van der Waals surface area contributed by atoms with Gasteiger partial charge in [0.15, 0.2) is 0 Å². The standard InChI is InChI=1S/C16H27N/c1-6-15(8-7-9-17)16-13(4)11(2)10-12(3)14(16)5/h10,15H,6-9,17H2,1-5H3. The molecule has 0 amide bonds. The van der Waals surface area contributed by atoms with Crippen LogP contribution in [0.4, 0.5) is 0 Å². The van der Waals surface area contributed by atoms with E-state index in [1.54, 1.807) is 5.56 Å². The summed E-state index contributed by atoms with van der Waals surface area (Å²) in [6.45, 7) is 12.1. The number of hydrogen-bond acceptors (Lipinski definition) is 1. The number of nitrogens with two attached hydrogens (primary N) is 1. The quantitative estimate of drug-likeness (QED) is 0.812. The second kappa shape index (κ2) is 6.20. The Morgan fingerprint density at radius 3 is 2.00 bits per heavy atom. The summed E-state index contributed by atoms with van der Waals surface area (Å²) in [5.41, 5.74) is 13.0. The SMILES string of the molecule is CCC(CCCN)c1c(C)c(C)cc(C)c1C. The van der Waals surface area contributed by atoms with Gasteiger partial charge in [0, 0.05) is 0 Å². The Labute approximate surface area is 106 Å². The maximum Gasteiger partial charge on any atom is -0.00771 e. The van der Waals surface area contributed by atoms with Gasteiger partial charge in [0.2, 0.25) is 0 Å². The third-order valence-electron chi connectivity index (χ3n) is 4.08. The molecule has 1 atom stereocenters. The van der Waals surface area contributed by atoms with Gasteiger partial charge in [0.25, 0.3) is 0 Å². The largest absolute Gasteiger partial charge is 0.330 e. The molecular formula is C16H27N. The predicted octanol–water partition coefficient (Wildman–Crippen LogP) is 4.15. The zero-order valence-electron chi connectivity index (χ0n) is 12.1. The Bertz CT molecular complexity index is 353. The minimum absolute atomic E-state index is 0.678. The average molecular weight is 233 g/mol. The highest BCUT2D eigenvalue weighted by Gasteiger charge is 2.16. The van der Waals surface area contributed by atoms with Gasteiger partial charge < -0.3 is 5.73 Å². The second-order valence-electron chi connectivity index (χ2n) is 5.21. The molecule has 0 spiro atoms. The number of aryl methyl sites for hydroxylation is 2. The first-order valence-electron chi connectivity index (χ1n) is 6.80. The van der Waals surface area contributed by atoms with E-state index >= 15 is 0 Å². The molecule has 1 aromatic rings. The fourth-order valence-corrected chi connectivity index (χ4v) is 2.78. The minimum Gasteiger partial charge on any atom is -0.330 e. The fourth-order valence-electron chi connectivity index (χ4n) is 2.78. The molecule has 0 aliphatic carbocycles. The smallest absolute Gasteiger partial charge is 0.00771 e. The fraction of sp³-hybridized carbons (Fsp3) is 0.625. The lowest BCUT2D eigenvalue weighted by molar-refractivity contribution is 0.575. The van der Waals surface area contributed by atoms with Crippen molar-refractivity contribution >= 4 is 0 Å². The molecule has 0 radical (unpaired) electrons. The third-order valence-corrected chi connectivity index (χ3v) is 4.08. The van der Waals surface area contributed by atoms with Crippen LogP contribution in [0, 0.1) is 27.7 Å². The predicted molar refractivity (Wildman–Crippen MR) is 76.7 cm³/mol. The number of hydrogen-bond donors (Lipinski definition) is 1. The molecule has 0 aliphatic rings. The van der Waals surface area contributed by atoms with Crippen molar-refractivity contribution in [2.75, 3.05) is 6.54 Å². The van der Waals surface area contributed by atoms with Gasteiger partial charge >= 0.3 is 0 Å². The zero-order chi connectivity index (χ0) is 13.0. The minimum atomic E-state index is 0.678.